The van der Waals surface area contributed by atoms with E-state index in [4.69, 9.17) is 11.6 Å². The van der Waals surface area contributed by atoms with Gasteiger partial charge in [0.25, 0.3) is 11.7 Å². The van der Waals surface area contributed by atoms with Crippen molar-refractivity contribution in [1.82, 2.24) is 0 Å². The molecule has 3 rings (SSSR count). The van der Waals surface area contributed by atoms with Gasteiger partial charge in [-0.2, -0.15) is 0 Å². The number of fused-ring (bicyclic) bond motifs is 1. The summed E-state index contributed by atoms with van der Waals surface area (Å²) in [7, 11) is 0. The molecule has 1 aliphatic heterocycles. The Bertz CT molecular complexity index is 759. The maximum Gasteiger partial charge on any atom is 0.299 e. The molecule has 0 aliphatic carbocycles. The molecule has 2 aromatic carbocycles. The van der Waals surface area contributed by atoms with Crippen molar-refractivity contribution in [2.75, 3.05) is 4.90 Å². The van der Waals surface area contributed by atoms with Crippen molar-refractivity contribution in [2.24, 2.45) is 0 Å². The summed E-state index contributed by atoms with van der Waals surface area (Å²) >= 11 is 5.77. The molecule has 1 aliphatic rings. The number of carbonyl (C=O) groups is 2. The summed E-state index contributed by atoms with van der Waals surface area (Å²) in [5.41, 5.74) is 0.269. The highest BCUT2D eigenvalue weighted by atomic mass is 35.5. The van der Waals surface area contributed by atoms with Crippen LogP contribution in [0.4, 0.5) is 14.5 Å². The highest BCUT2D eigenvalue weighted by Crippen LogP contribution is 2.33. The van der Waals surface area contributed by atoms with Gasteiger partial charge >= 0.3 is 0 Å². The molecular weight excluding hydrogens is 300 g/mol. The fraction of sp³-hybridized carbons (Fsp3) is 0.0667. The highest BCUT2D eigenvalue weighted by molar-refractivity contribution is 6.52. The zero-order valence-corrected chi connectivity index (χ0v) is 11.3. The summed E-state index contributed by atoms with van der Waals surface area (Å²) in [6, 6.07) is 8.19. The Morgan fingerprint density at radius 2 is 1.71 bits per heavy atom. The summed E-state index contributed by atoms with van der Waals surface area (Å²) in [4.78, 5) is 24.8. The van der Waals surface area contributed by atoms with Crippen LogP contribution in [-0.4, -0.2) is 11.7 Å². The van der Waals surface area contributed by atoms with Crippen molar-refractivity contribution in [3.05, 3.63) is 64.2 Å². The van der Waals surface area contributed by atoms with Crippen LogP contribution in [0.3, 0.4) is 0 Å². The molecule has 0 atom stereocenters. The molecule has 21 heavy (non-hydrogen) atoms. The second-order valence-corrected chi connectivity index (χ2v) is 5.07. The van der Waals surface area contributed by atoms with Crippen molar-refractivity contribution in [3.63, 3.8) is 0 Å². The minimum absolute atomic E-state index is 0.0393. The summed E-state index contributed by atoms with van der Waals surface area (Å²) < 4.78 is 27.0. The molecule has 0 saturated heterocycles. The van der Waals surface area contributed by atoms with Crippen molar-refractivity contribution in [1.29, 1.82) is 0 Å². The molecule has 0 saturated carbocycles. The van der Waals surface area contributed by atoms with Crippen LogP contribution in [0.2, 0.25) is 5.02 Å². The molecule has 1 amide bonds. The number of rotatable bonds is 2. The lowest BCUT2D eigenvalue weighted by Gasteiger charge is -2.16. The van der Waals surface area contributed by atoms with E-state index in [0.29, 0.717) is 16.7 Å². The molecule has 0 radical (unpaired) electrons. The first kappa shape index (κ1) is 13.7. The highest BCUT2D eigenvalue weighted by Gasteiger charge is 2.38. The maximum absolute atomic E-state index is 13.7. The SMILES string of the molecule is O=C1C(=O)N(Cc2ccc(Cl)cc2)c2cc(F)cc(F)c21. The number of ketones is 1. The van der Waals surface area contributed by atoms with Crippen LogP contribution in [0.25, 0.3) is 0 Å². The average molecular weight is 308 g/mol. The number of benzene rings is 2. The first-order valence-electron chi connectivity index (χ1n) is 6.07. The van der Waals surface area contributed by atoms with Crippen molar-refractivity contribution >= 4 is 29.0 Å². The van der Waals surface area contributed by atoms with E-state index in [1.54, 1.807) is 24.3 Å². The molecule has 0 aromatic heterocycles. The van der Waals surface area contributed by atoms with Gasteiger partial charge in [0.15, 0.2) is 0 Å². The van der Waals surface area contributed by atoms with E-state index in [1.807, 2.05) is 0 Å². The summed E-state index contributed by atoms with van der Waals surface area (Å²) in [6.07, 6.45) is 0. The number of Topliss-reactive ketones (excluding diaryl/α,β-unsaturated/α-hetero) is 1. The molecule has 1 heterocycles. The van der Waals surface area contributed by atoms with Crippen LogP contribution in [0.15, 0.2) is 36.4 Å². The van der Waals surface area contributed by atoms with Gasteiger partial charge in [0.1, 0.15) is 11.6 Å². The smallest absolute Gasteiger partial charge is 0.299 e. The predicted octanol–water partition coefficient (Wildman–Crippen LogP) is 3.35. The van der Waals surface area contributed by atoms with E-state index in [9.17, 15) is 18.4 Å². The van der Waals surface area contributed by atoms with Gasteiger partial charge < -0.3 is 4.90 Å². The number of carbonyl (C=O) groups excluding carboxylic acids is 2. The average Bonchev–Trinajstić information content (AvgIpc) is 2.66. The molecule has 3 nitrogen and oxygen atoms in total. The second-order valence-electron chi connectivity index (χ2n) is 4.63. The van der Waals surface area contributed by atoms with Gasteiger partial charge in [0.2, 0.25) is 0 Å². The molecule has 2 aromatic rings. The number of nitrogens with zero attached hydrogens (tertiary/aromatic N) is 1. The van der Waals surface area contributed by atoms with E-state index in [1.165, 1.54) is 0 Å². The number of amides is 1. The Morgan fingerprint density at radius 3 is 2.38 bits per heavy atom. The zero-order chi connectivity index (χ0) is 15.1. The minimum Gasteiger partial charge on any atom is -0.300 e. The lowest BCUT2D eigenvalue weighted by Crippen LogP contribution is -2.29. The Hall–Kier alpha value is -2.27. The van der Waals surface area contributed by atoms with E-state index >= 15 is 0 Å². The fourth-order valence-corrected chi connectivity index (χ4v) is 2.39. The Labute approximate surface area is 123 Å². The molecule has 0 unspecified atom stereocenters. The first-order valence-corrected chi connectivity index (χ1v) is 6.45. The topological polar surface area (TPSA) is 37.4 Å². The Kier molecular flexibility index (Phi) is 3.22. The quantitative estimate of drug-likeness (QED) is 0.798. The fourth-order valence-electron chi connectivity index (χ4n) is 2.27. The molecule has 0 spiro atoms. The molecule has 0 bridgehead atoms. The minimum atomic E-state index is -1.03. The third-order valence-corrected chi connectivity index (χ3v) is 3.50. The second kappa shape index (κ2) is 4.93. The number of halogens is 3. The summed E-state index contributed by atoms with van der Waals surface area (Å²) in [5, 5.41) is 0.528. The van der Waals surface area contributed by atoms with E-state index in [0.717, 1.165) is 11.0 Å². The van der Waals surface area contributed by atoms with Gasteiger partial charge in [-0.15, -0.1) is 0 Å². The normalized spacial score (nSPS) is 13.8. The zero-order valence-electron chi connectivity index (χ0n) is 10.6. The van der Waals surface area contributed by atoms with Gasteiger partial charge in [-0.1, -0.05) is 23.7 Å². The van der Waals surface area contributed by atoms with Crippen LogP contribution < -0.4 is 4.90 Å². The van der Waals surface area contributed by atoms with E-state index < -0.39 is 23.3 Å². The first-order chi connectivity index (χ1) is 9.97. The van der Waals surface area contributed by atoms with Crippen molar-refractivity contribution in [3.8, 4) is 0 Å². The van der Waals surface area contributed by atoms with Crippen LogP contribution in [0, 0.1) is 11.6 Å². The molecular formula is C15H8ClF2NO2. The van der Waals surface area contributed by atoms with Gasteiger partial charge in [-0.25, -0.2) is 8.78 Å². The van der Waals surface area contributed by atoms with E-state index in [-0.39, 0.29) is 17.8 Å². The third-order valence-electron chi connectivity index (χ3n) is 3.25. The predicted molar refractivity (Wildman–Crippen MR) is 73.3 cm³/mol. The van der Waals surface area contributed by atoms with Crippen molar-refractivity contribution < 1.29 is 18.4 Å². The maximum atomic E-state index is 13.7. The van der Waals surface area contributed by atoms with Crippen LogP contribution in [-0.2, 0) is 11.3 Å². The molecule has 0 fully saturated rings. The standard InChI is InChI=1S/C15H8ClF2NO2/c16-9-3-1-8(2-4-9)7-19-12-6-10(17)5-11(18)13(12)14(20)15(19)21/h1-6H,7H2. The van der Waals surface area contributed by atoms with Gasteiger partial charge in [0, 0.05) is 11.1 Å². The van der Waals surface area contributed by atoms with Crippen LogP contribution >= 0.6 is 11.6 Å². The summed E-state index contributed by atoms with van der Waals surface area (Å²) in [5.74, 6) is -3.70. The van der Waals surface area contributed by atoms with E-state index in [2.05, 4.69) is 0 Å². The van der Waals surface area contributed by atoms with Gasteiger partial charge in [0.05, 0.1) is 17.8 Å². The number of hydrogen-bond donors (Lipinski definition) is 0. The molecule has 106 valence electrons. The lowest BCUT2D eigenvalue weighted by atomic mass is 10.1. The lowest BCUT2D eigenvalue weighted by molar-refractivity contribution is -0.114. The Balaban J connectivity index is 2.03. The molecule has 6 heteroatoms. The third kappa shape index (κ3) is 2.29. The number of anilines is 1. The molecule has 0 N–H and O–H groups in total. The van der Waals surface area contributed by atoms with Crippen LogP contribution in [0.1, 0.15) is 15.9 Å². The van der Waals surface area contributed by atoms with Gasteiger partial charge in [-0.05, 0) is 23.8 Å². The Morgan fingerprint density at radius 1 is 1.05 bits per heavy atom. The van der Waals surface area contributed by atoms with Crippen molar-refractivity contribution in [2.45, 2.75) is 6.54 Å². The summed E-state index contributed by atoms with van der Waals surface area (Å²) in [6.45, 7) is 0.0393. The monoisotopic (exact) mass is 307 g/mol. The number of hydrogen-bond acceptors (Lipinski definition) is 2. The largest absolute Gasteiger partial charge is 0.300 e. The van der Waals surface area contributed by atoms with Crippen LogP contribution in [0.5, 0.6) is 0 Å². The van der Waals surface area contributed by atoms with Gasteiger partial charge in [-0.3, -0.25) is 9.59 Å².